The van der Waals surface area contributed by atoms with Gasteiger partial charge in [-0.25, -0.2) is 17.1 Å². The van der Waals surface area contributed by atoms with Crippen LogP contribution in [0.3, 0.4) is 0 Å². The van der Waals surface area contributed by atoms with E-state index in [2.05, 4.69) is 15.9 Å². The summed E-state index contributed by atoms with van der Waals surface area (Å²) in [6, 6.07) is 14.1. The number of sulfonamides is 1. The molecule has 2 aromatic rings. The van der Waals surface area contributed by atoms with Crippen molar-refractivity contribution in [2.24, 2.45) is 0 Å². The maximum atomic E-state index is 13.9. The Labute approximate surface area is 162 Å². The third-order valence-corrected chi connectivity index (χ3v) is 6.54. The van der Waals surface area contributed by atoms with Crippen LogP contribution in [0.15, 0.2) is 53.0 Å². The van der Waals surface area contributed by atoms with E-state index in [0.29, 0.717) is 30.4 Å². The van der Waals surface area contributed by atoms with Crippen LogP contribution in [-0.2, 0) is 10.0 Å². The Balaban J connectivity index is 1.52. The molecule has 0 amide bonds. The van der Waals surface area contributed by atoms with Crippen molar-refractivity contribution in [1.82, 2.24) is 4.31 Å². The Morgan fingerprint density at radius 1 is 1.15 bits per heavy atom. The molecule has 0 saturated carbocycles. The number of rotatable bonds is 6. The molecule has 139 valence electrons. The molecule has 1 saturated heterocycles. The van der Waals surface area contributed by atoms with Crippen LogP contribution < -0.4 is 4.74 Å². The molecule has 1 fully saturated rings. The van der Waals surface area contributed by atoms with Gasteiger partial charge in [0.15, 0.2) is 11.6 Å². The number of benzene rings is 2. The molecule has 3 rings (SSSR count). The van der Waals surface area contributed by atoms with E-state index in [1.165, 1.54) is 10.4 Å². The lowest BCUT2D eigenvalue weighted by molar-refractivity contribution is 0.130. The third-order valence-electron chi connectivity index (χ3n) is 4.31. The zero-order chi connectivity index (χ0) is 18.6. The molecule has 0 spiro atoms. The molecule has 0 N–H and O–H groups in total. The van der Waals surface area contributed by atoms with Crippen molar-refractivity contribution < 1.29 is 17.5 Å². The number of nitrogens with zero attached hydrogens (tertiary/aromatic N) is 1. The van der Waals surface area contributed by atoms with Gasteiger partial charge >= 0.3 is 0 Å². The van der Waals surface area contributed by atoms with E-state index >= 15 is 0 Å². The zero-order valence-corrected chi connectivity index (χ0v) is 16.5. The molecule has 4 nitrogen and oxygen atoms in total. The summed E-state index contributed by atoms with van der Waals surface area (Å²) in [5, 5.41) is 0. The second kappa shape index (κ2) is 8.50. The fourth-order valence-electron chi connectivity index (χ4n) is 2.87. The van der Waals surface area contributed by atoms with Gasteiger partial charge in [0, 0.05) is 24.0 Å². The largest absolute Gasteiger partial charge is 0.487 e. The van der Waals surface area contributed by atoms with Gasteiger partial charge in [-0.05, 0) is 36.6 Å². The maximum absolute atomic E-state index is 13.9. The van der Waals surface area contributed by atoms with E-state index in [0.717, 1.165) is 5.56 Å². The van der Waals surface area contributed by atoms with Crippen molar-refractivity contribution in [1.29, 1.82) is 0 Å². The second-order valence-corrected chi connectivity index (χ2v) is 9.11. The molecule has 1 radical (unpaired) electrons. The summed E-state index contributed by atoms with van der Waals surface area (Å²) in [7, 11) is -3.35. The van der Waals surface area contributed by atoms with Gasteiger partial charge in [0.1, 0.15) is 6.10 Å². The highest BCUT2D eigenvalue weighted by Gasteiger charge is 2.29. The minimum Gasteiger partial charge on any atom is -0.487 e. The van der Waals surface area contributed by atoms with Crippen molar-refractivity contribution in [3.63, 3.8) is 0 Å². The molecule has 2 aromatic carbocycles. The minimum atomic E-state index is -3.35. The van der Waals surface area contributed by atoms with Crippen molar-refractivity contribution in [2.45, 2.75) is 18.9 Å². The topological polar surface area (TPSA) is 46.6 Å². The van der Waals surface area contributed by atoms with Gasteiger partial charge in [-0.2, -0.15) is 0 Å². The molecule has 1 heterocycles. The van der Waals surface area contributed by atoms with Crippen molar-refractivity contribution in [3.05, 3.63) is 70.8 Å². The minimum absolute atomic E-state index is 0.0239. The first-order valence-corrected chi connectivity index (χ1v) is 10.8. The van der Waals surface area contributed by atoms with E-state index in [1.54, 1.807) is 18.6 Å². The summed E-state index contributed by atoms with van der Waals surface area (Å²) in [6.45, 7) is 0.765. The van der Waals surface area contributed by atoms with Gasteiger partial charge in [0.2, 0.25) is 10.0 Å². The number of ether oxygens (including phenoxy) is 1. The lowest BCUT2D eigenvalue weighted by atomic mass is 10.1. The van der Waals surface area contributed by atoms with Crippen molar-refractivity contribution in [2.75, 3.05) is 18.8 Å². The van der Waals surface area contributed by atoms with Crippen LogP contribution in [-0.4, -0.2) is 37.7 Å². The van der Waals surface area contributed by atoms with Gasteiger partial charge in [-0.3, -0.25) is 0 Å². The van der Waals surface area contributed by atoms with Crippen LogP contribution in [0.5, 0.6) is 5.75 Å². The molecule has 1 aliphatic rings. The molecule has 7 heteroatoms. The van der Waals surface area contributed by atoms with Gasteiger partial charge in [-0.15, -0.1) is 0 Å². The standard InChI is InChI=1S/C19H20BrFNO3S/c20-16-6-7-19(18(21)14-16)25-17-8-11-22(12-9-17)26(23,24)13-10-15-4-2-1-3-5-15/h1-7,10,14,17H,8-9,11-13H2. The SMILES string of the molecule is O=S(=O)(C[CH]c1ccccc1)N1CCC(Oc2ccc(Br)cc2F)CC1. The first-order chi connectivity index (χ1) is 12.4. The Bertz CT molecular complexity index is 837. The number of piperidine rings is 1. The molecular weight excluding hydrogens is 421 g/mol. The highest BCUT2D eigenvalue weighted by Crippen LogP contribution is 2.25. The summed E-state index contributed by atoms with van der Waals surface area (Å²) in [4.78, 5) is 0. The molecule has 0 atom stereocenters. The smallest absolute Gasteiger partial charge is 0.214 e. The van der Waals surface area contributed by atoms with Crippen LogP contribution >= 0.6 is 15.9 Å². The Morgan fingerprint density at radius 3 is 2.50 bits per heavy atom. The predicted octanol–water partition coefficient (Wildman–Crippen LogP) is 4.01. The molecule has 0 aliphatic carbocycles. The average Bonchev–Trinajstić information content (AvgIpc) is 2.64. The van der Waals surface area contributed by atoms with E-state index < -0.39 is 15.8 Å². The average molecular weight is 441 g/mol. The number of hydrogen-bond acceptors (Lipinski definition) is 3. The van der Waals surface area contributed by atoms with Crippen LogP contribution in [0, 0.1) is 12.2 Å². The van der Waals surface area contributed by atoms with Crippen LogP contribution in [0.25, 0.3) is 0 Å². The fourth-order valence-corrected chi connectivity index (χ4v) is 4.59. The first-order valence-electron chi connectivity index (χ1n) is 8.42. The van der Waals surface area contributed by atoms with E-state index in [4.69, 9.17) is 4.74 Å². The molecule has 0 bridgehead atoms. The van der Waals surface area contributed by atoms with E-state index in [1.807, 2.05) is 30.3 Å². The fraction of sp³-hybridized carbons (Fsp3) is 0.316. The summed E-state index contributed by atoms with van der Waals surface area (Å²) in [6.07, 6.45) is 2.62. The van der Waals surface area contributed by atoms with Gasteiger partial charge in [0.05, 0.1) is 5.75 Å². The summed E-state index contributed by atoms with van der Waals surface area (Å²) < 4.78 is 46.7. The van der Waals surface area contributed by atoms with Crippen LogP contribution in [0.2, 0.25) is 0 Å². The predicted molar refractivity (Wildman–Crippen MR) is 103 cm³/mol. The molecule has 26 heavy (non-hydrogen) atoms. The summed E-state index contributed by atoms with van der Waals surface area (Å²) >= 11 is 3.21. The zero-order valence-electron chi connectivity index (χ0n) is 14.1. The molecular formula is C19H20BrFNO3S. The summed E-state index contributed by atoms with van der Waals surface area (Å²) in [5.74, 6) is -0.247. The van der Waals surface area contributed by atoms with Crippen LogP contribution in [0.4, 0.5) is 4.39 Å². The second-order valence-electron chi connectivity index (χ2n) is 6.18. The van der Waals surface area contributed by atoms with Crippen molar-refractivity contribution in [3.8, 4) is 5.75 Å². The van der Waals surface area contributed by atoms with Crippen molar-refractivity contribution >= 4 is 26.0 Å². The maximum Gasteiger partial charge on any atom is 0.214 e. The molecule has 0 unspecified atom stereocenters. The number of halogens is 2. The van der Waals surface area contributed by atoms with E-state index in [9.17, 15) is 12.8 Å². The highest BCUT2D eigenvalue weighted by atomic mass is 79.9. The number of hydrogen-bond donors (Lipinski definition) is 0. The molecule has 0 aromatic heterocycles. The van der Waals surface area contributed by atoms with Gasteiger partial charge < -0.3 is 4.74 Å². The quantitative estimate of drug-likeness (QED) is 0.681. The third kappa shape index (κ3) is 5.05. The Kier molecular flexibility index (Phi) is 6.32. The lowest BCUT2D eigenvalue weighted by Crippen LogP contribution is -2.42. The Morgan fingerprint density at radius 2 is 1.85 bits per heavy atom. The molecule has 1 aliphatic heterocycles. The Hall–Kier alpha value is -1.44. The normalized spacial score (nSPS) is 16.5. The highest BCUT2D eigenvalue weighted by molar-refractivity contribution is 9.10. The van der Waals surface area contributed by atoms with E-state index in [-0.39, 0.29) is 17.6 Å². The van der Waals surface area contributed by atoms with Gasteiger partial charge in [0.25, 0.3) is 0 Å². The lowest BCUT2D eigenvalue weighted by Gasteiger charge is -2.31. The first kappa shape index (κ1) is 19.3. The summed E-state index contributed by atoms with van der Waals surface area (Å²) in [5.41, 5.74) is 0.889. The van der Waals surface area contributed by atoms with Gasteiger partial charge in [-0.1, -0.05) is 46.3 Å². The van der Waals surface area contributed by atoms with Crippen LogP contribution in [0.1, 0.15) is 18.4 Å². The monoisotopic (exact) mass is 440 g/mol.